The molecule has 0 aliphatic carbocycles. The van der Waals surface area contributed by atoms with Gasteiger partial charge in [0, 0.05) is 18.2 Å². The maximum atomic E-state index is 12.2. The third-order valence-corrected chi connectivity index (χ3v) is 4.05. The van der Waals surface area contributed by atoms with Crippen molar-refractivity contribution in [2.45, 2.75) is 39.2 Å². The van der Waals surface area contributed by atoms with Gasteiger partial charge in [-0.3, -0.25) is 4.79 Å². The molecule has 2 N–H and O–H groups in total. The summed E-state index contributed by atoms with van der Waals surface area (Å²) in [5, 5.41) is 6.34. The average Bonchev–Trinajstić information content (AvgIpc) is 3.06. The van der Waals surface area contributed by atoms with Crippen molar-refractivity contribution in [1.82, 2.24) is 10.6 Å². The summed E-state index contributed by atoms with van der Waals surface area (Å²) < 4.78 is 11.1. The van der Waals surface area contributed by atoms with Gasteiger partial charge in [-0.05, 0) is 49.9 Å². The second kappa shape index (κ2) is 10.4. The Morgan fingerprint density at radius 2 is 2.17 bits per heavy atom. The van der Waals surface area contributed by atoms with E-state index < -0.39 is 0 Å². The van der Waals surface area contributed by atoms with Crippen LogP contribution in [0.2, 0.25) is 0 Å². The molecule has 1 unspecified atom stereocenters. The Balaban J connectivity index is 0.00000288. The second-order valence-corrected chi connectivity index (χ2v) is 6.40. The molecule has 2 rings (SSSR count). The molecule has 1 saturated heterocycles. The van der Waals surface area contributed by atoms with Crippen LogP contribution in [0, 0.1) is 5.92 Å². The lowest BCUT2D eigenvalue weighted by molar-refractivity contribution is 0.0950. The van der Waals surface area contributed by atoms with Crippen LogP contribution in [0.15, 0.2) is 18.2 Å². The predicted molar refractivity (Wildman–Crippen MR) is 98.5 cm³/mol. The van der Waals surface area contributed by atoms with Crippen molar-refractivity contribution in [3.05, 3.63) is 23.8 Å². The van der Waals surface area contributed by atoms with E-state index in [4.69, 9.17) is 9.47 Å². The lowest BCUT2D eigenvalue weighted by Crippen LogP contribution is -2.37. The third-order valence-electron chi connectivity index (χ3n) is 4.05. The molecule has 1 aromatic rings. The van der Waals surface area contributed by atoms with Crippen LogP contribution in [0.1, 0.15) is 43.5 Å². The van der Waals surface area contributed by atoms with Crippen LogP contribution < -0.4 is 20.1 Å². The predicted octanol–water partition coefficient (Wildman–Crippen LogP) is 3.02. The van der Waals surface area contributed by atoms with E-state index in [1.807, 2.05) is 6.07 Å². The molecule has 0 radical (unpaired) electrons. The molecule has 136 valence electrons. The minimum atomic E-state index is -0.0780. The molecule has 5 nitrogen and oxygen atoms in total. The minimum Gasteiger partial charge on any atom is -0.493 e. The van der Waals surface area contributed by atoms with Gasteiger partial charge >= 0.3 is 0 Å². The fourth-order valence-electron chi connectivity index (χ4n) is 2.58. The molecule has 0 bridgehead atoms. The van der Waals surface area contributed by atoms with Gasteiger partial charge in [0.15, 0.2) is 11.5 Å². The van der Waals surface area contributed by atoms with Crippen molar-refractivity contribution in [2.75, 3.05) is 26.8 Å². The van der Waals surface area contributed by atoms with Crippen LogP contribution in [0.25, 0.3) is 0 Å². The van der Waals surface area contributed by atoms with E-state index in [0.717, 1.165) is 19.4 Å². The van der Waals surface area contributed by atoms with E-state index in [1.165, 1.54) is 6.42 Å². The zero-order valence-electron chi connectivity index (χ0n) is 14.8. The van der Waals surface area contributed by atoms with Crippen LogP contribution in [0.4, 0.5) is 0 Å². The van der Waals surface area contributed by atoms with Crippen LogP contribution in [0.5, 0.6) is 11.5 Å². The maximum absolute atomic E-state index is 12.2. The second-order valence-electron chi connectivity index (χ2n) is 6.40. The van der Waals surface area contributed by atoms with Crippen LogP contribution >= 0.6 is 12.4 Å². The van der Waals surface area contributed by atoms with Crippen molar-refractivity contribution in [1.29, 1.82) is 0 Å². The first-order valence-corrected chi connectivity index (χ1v) is 8.42. The Morgan fingerprint density at radius 1 is 1.38 bits per heavy atom. The lowest BCUT2D eigenvalue weighted by Gasteiger charge is -2.14. The lowest BCUT2D eigenvalue weighted by atomic mass is 10.1. The van der Waals surface area contributed by atoms with Crippen molar-refractivity contribution < 1.29 is 14.3 Å². The van der Waals surface area contributed by atoms with Crippen LogP contribution in [-0.4, -0.2) is 38.8 Å². The zero-order valence-corrected chi connectivity index (χ0v) is 15.6. The molecule has 0 saturated carbocycles. The number of carbonyl (C=O) groups is 1. The number of carbonyl (C=O) groups excluding carboxylic acids is 1. The summed E-state index contributed by atoms with van der Waals surface area (Å²) in [4.78, 5) is 12.2. The molecule has 1 fully saturated rings. The molecule has 0 aromatic heterocycles. The number of ether oxygens (including phenoxy) is 2. The Morgan fingerprint density at radius 3 is 2.79 bits per heavy atom. The first-order chi connectivity index (χ1) is 11.1. The number of halogens is 1. The van der Waals surface area contributed by atoms with Crippen molar-refractivity contribution in [3.8, 4) is 11.5 Å². The smallest absolute Gasteiger partial charge is 0.251 e. The van der Waals surface area contributed by atoms with Gasteiger partial charge in [0.1, 0.15) is 0 Å². The van der Waals surface area contributed by atoms with Crippen molar-refractivity contribution in [3.63, 3.8) is 0 Å². The summed E-state index contributed by atoms with van der Waals surface area (Å²) in [5.41, 5.74) is 0.594. The van der Waals surface area contributed by atoms with E-state index in [0.29, 0.717) is 42.2 Å². The SMILES string of the molecule is COc1cc(C(=O)NCC2CCCN2)ccc1OCCC(C)C.Cl. The maximum Gasteiger partial charge on any atom is 0.251 e. The number of rotatable bonds is 8. The summed E-state index contributed by atoms with van der Waals surface area (Å²) in [6.45, 7) is 6.66. The van der Waals surface area contributed by atoms with E-state index in [2.05, 4.69) is 24.5 Å². The summed E-state index contributed by atoms with van der Waals surface area (Å²) in [5.74, 6) is 1.79. The van der Waals surface area contributed by atoms with E-state index in [9.17, 15) is 4.79 Å². The standard InChI is InChI=1S/C18H28N2O3.ClH/c1-13(2)8-10-23-16-7-6-14(11-17(16)22-3)18(21)20-12-15-5-4-9-19-15;/h6-7,11,13,15,19H,4-5,8-10,12H2,1-3H3,(H,20,21);1H. The highest BCUT2D eigenvalue weighted by molar-refractivity contribution is 5.94. The summed E-state index contributed by atoms with van der Waals surface area (Å²) >= 11 is 0. The van der Waals surface area contributed by atoms with Gasteiger partial charge in [0.25, 0.3) is 5.91 Å². The molecule has 1 heterocycles. The number of hydrogen-bond acceptors (Lipinski definition) is 4. The molecular weight excluding hydrogens is 328 g/mol. The molecule has 1 aliphatic rings. The highest BCUT2D eigenvalue weighted by Gasteiger charge is 2.16. The number of methoxy groups -OCH3 is 1. The van der Waals surface area contributed by atoms with E-state index >= 15 is 0 Å². The van der Waals surface area contributed by atoms with Gasteiger partial charge in [-0.1, -0.05) is 13.8 Å². The van der Waals surface area contributed by atoms with Crippen LogP contribution in [-0.2, 0) is 0 Å². The third kappa shape index (κ3) is 6.21. The number of nitrogens with one attached hydrogen (secondary N) is 2. The largest absolute Gasteiger partial charge is 0.493 e. The summed E-state index contributed by atoms with van der Waals surface area (Å²) in [6.07, 6.45) is 3.28. The Kier molecular flexibility index (Phi) is 8.93. The molecule has 24 heavy (non-hydrogen) atoms. The quantitative estimate of drug-likeness (QED) is 0.751. The molecule has 1 atom stereocenters. The van der Waals surface area contributed by atoms with Gasteiger partial charge < -0.3 is 20.1 Å². The Labute approximate surface area is 150 Å². The molecule has 1 aliphatic heterocycles. The van der Waals surface area contributed by atoms with Gasteiger partial charge in [-0.25, -0.2) is 0 Å². The van der Waals surface area contributed by atoms with Gasteiger partial charge in [0.05, 0.1) is 13.7 Å². The molecular formula is C18H29ClN2O3. The first-order valence-electron chi connectivity index (χ1n) is 8.42. The number of hydrogen-bond donors (Lipinski definition) is 2. The monoisotopic (exact) mass is 356 g/mol. The Hall–Kier alpha value is -1.46. The van der Waals surface area contributed by atoms with Crippen molar-refractivity contribution >= 4 is 18.3 Å². The molecule has 0 spiro atoms. The molecule has 1 aromatic carbocycles. The topological polar surface area (TPSA) is 59.6 Å². The zero-order chi connectivity index (χ0) is 16.7. The number of amides is 1. The molecule has 1 amide bonds. The molecule has 6 heteroatoms. The fourth-order valence-corrected chi connectivity index (χ4v) is 2.58. The normalized spacial score (nSPS) is 16.6. The van der Waals surface area contributed by atoms with Crippen LogP contribution in [0.3, 0.4) is 0 Å². The average molecular weight is 357 g/mol. The van der Waals surface area contributed by atoms with Gasteiger partial charge in [0.2, 0.25) is 0 Å². The van der Waals surface area contributed by atoms with Gasteiger partial charge in [-0.2, -0.15) is 0 Å². The highest BCUT2D eigenvalue weighted by Crippen LogP contribution is 2.28. The summed E-state index contributed by atoms with van der Waals surface area (Å²) in [7, 11) is 1.59. The fraction of sp³-hybridized carbons (Fsp3) is 0.611. The highest BCUT2D eigenvalue weighted by atomic mass is 35.5. The summed E-state index contributed by atoms with van der Waals surface area (Å²) in [6, 6.07) is 5.72. The first kappa shape index (κ1) is 20.6. The van der Waals surface area contributed by atoms with Crippen molar-refractivity contribution in [2.24, 2.45) is 5.92 Å². The van der Waals surface area contributed by atoms with E-state index in [-0.39, 0.29) is 18.3 Å². The number of benzene rings is 1. The van der Waals surface area contributed by atoms with E-state index in [1.54, 1.807) is 19.2 Å². The minimum absolute atomic E-state index is 0. The Bertz CT molecular complexity index is 517. The van der Waals surface area contributed by atoms with Gasteiger partial charge in [-0.15, -0.1) is 12.4 Å².